The van der Waals surface area contributed by atoms with E-state index in [-0.39, 0.29) is 17.9 Å². The number of hydrogen-bond donors (Lipinski definition) is 0. The average molecular weight is 342 g/mol. The van der Waals surface area contributed by atoms with Gasteiger partial charge in [-0.25, -0.2) is 0 Å². The Morgan fingerprint density at radius 3 is 2.20 bits per heavy atom. The van der Waals surface area contributed by atoms with Crippen molar-refractivity contribution in [2.24, 2.45) is 5.41 Å². The number of likely N-dealkylation sites (tertiary alicyclic amines) is 2. The van der Waals surface area contributed by atoms with Crippen LogP contribution in [-0.4, -0.2) is 41.2 Å². The Kier molecular flexibility index (Phi) is 5.16. The Morgan fingerprint density at radius 2 is 1.56 bits per heavy atom. The third-order valence-corrected chi connectivity index (χ3v) is 5.69. The summed E-state index contributed by atoms with van der Waals surface area (Å²) >= 11 is 0. The first-order valence-electron chi connectivity index (χ1n) is 9.58. The topological polar surface area (TPSA) is 40.6 Å². The Morgan fingerprint density at radius 1 is 0.920 bits per heavy atom. The molecule has 0 spiro atoms. The van der Waals surface area contributed by atoms with Crippen LogP contribution in [0.3, 0.4) is 0 Å². The van der Waals surface area contributed by atoms with Crippen molar-refractivity contribution in [1.29, 1.82) is 0 Å². The van der Waals surface area contributed by atoms with Crippen LogP contribution in [0.2, 0.25) is 0 Å². The number of carbonyl (C=O) groups is 2. The molecule has 2 aliphatic rings. The highest BCUT2D eigenvalue weighted by Gasteiger charge is 2.44. The molecule has 4 nitrogen and oxygen atoms in total. The molecule has 0 N–H and O–H groups in total. The van der Waals surface area contributed by atoms with Crippen molar-refractivity contribution in [3.63, 3.8) is 0 Å². The molecule has 2 saturated heterocycles. The fourth-order valence-electron chi connectivity index (χ4n) is 4.09. The molecule has 0 bridgehead atoms. The van der Waals surface area contributed by atoms with Crippen molar-refractivity contribution in [3.05, 3.63) is 35.4 Å². The molecule has 136 valence electrons. The van der Waals surface area contributed by atoms with Gasteiger partial charge in [0.15, 0.2) is 0 Å². The van der Waals surface area contributed by atoms with Crippen LogP contribution in [0, 0.1) is 12.3 Å². The number of amides is 2. The molecule has 1 aromatic rings. The minimum atomic E-state index is -0.982. The van der Waals surface area contributed by atoms with E-state index in [1.54, 1.807) is 13.8 Å². The number of rotatable bonds is 3. The molecule has 3 rings (SSSR count). The lowest BCUT2D eigenvalue weighted by atomic mass is 9.88. The van der Waals surface area contributed by atoms with E-state index in [2.05, 4.69) is 31.2 Å². The van der Waals surface area contributed by atoms with Gasteiger partial charge in [-0.15, -0.1) is 0 Å². The van der Waals surface area contributed by atoms with Crippen molar-refractivity contribution < 1.29 is 9.59 Å². The van der Waals surface area contributed by atoms with Crippen LogP contribution in [0.15, 0.2) is 24.3 Å². The summed E-state index contributed by atoms with van der Waals surface area (Å²) in [5, 5.41) is 0. The summed E-state index contributed by atoms with van der Waals surface area (Å²) in [7, 11) is 0. The second-order valence-corrected chi connectivity index (χ2v) is 8.05. The normalized spacial score (nSPS) is 21.5. The van der Waals surface area contributed by atoms with Gasteiger partial charge in [0.05, 0.1) is 6.04 Å². The number of nitrogens with zero attached hydrogens (tertiary/aromatic N) is 2. The molecule has 0 radical (unpaired) electrons. The molecule has 25 heavy (non-hydrogen) atoms. The zero-order valence-electron chi connectivity index (χ0n) is 15.8. The minimum absolute atomic E-state index is 0.00763. The molecule has 1 atom stereocenters. The van der Waals surface area contributed by atoms with Crippen LogP contribution in [0.5, 0.6) is 0 Å². The van der Waals surface area contributed by atoms with E-state index >= 15 is 0 Å². The van der Waals surface area contributed by atoms with Gasteiger partial charge < -0.3 is 9.80 Å². The molecule has 2 fully saturated rings. The smallest absolute Gasteiger partial charge is 0.238 e. The quantitative estimate of drug-likeness (QED) is 0.786. The lowest BCUT2D eigenvalue weighted by molar-refractivity contribution is -0.155. The van der Waals surface area contributed by atoms with E-state index in [4.69, 9.17) is 0 Å². The van der Waals surface area contributed by atoms with Crippen molar-refractivity contribution in [3.8, 4) is 0 Å². The van der Waals surface area contributed by atoms with Crippen molar-refractivity contribution in [2.45, 2.75) is 58.9 Å². The molecule has 2 aliphatic heterocycles. The van der Waals surface area contributed by atoms with Gasteiger partial charge in [0.1, 0.15) is 5.41 Å². The van der Waals surface area contributed by atoms with Crippen LogP contribution in [0.4, 0.5) is 0 Å². The minimum Gasteiger partial charge on any atom is -0.342 e. The molecule has 1 aromatic carbocycles. The number of aryl methyl sites for hydroxylation is 1. The maximum absolute atomic E-state index is 13.3. The number of hydrogen-bond acceptors (Lipinski definition) is 2. The summed E-state index contributed by atoms with van der Waals surface area (Å²) in [4.78, 5) is 30.1. The number of piperidine rings is 1. The average Bonchev–Trinajstić information content (AvgIpc) is 3.11. The number of benzene rings is 1. The summed E-state index contributed by atoms with van der Waals surface area (Å²) in [6, 6.07) is 8.53. The highest BCUT2D eigenvalue weighted by atomic mass is 16.2. The first-order chi connectivity index (χ1) is 11.9. The second kappa shape index (κ2) is 7.19. The molecular formula is C21H30N2O2. The van der Waals surface area contributed by atoms with Gasteiger partial charge in [-0.3, -0.25) is 9.59 Å². The van der Waals surface area contributed by atoms with Crippen molar-refractivity contribution >= 4 is 11.8 Å². The monoisotopic (exact) mass is 342 g/mol. The maximum atomic E-state index is 13.3. The number of carbonyl (C=O) groups excluding carboxylic acids is 2. The molecule has 2 heterocycles. The van der Waals surface area contributed by atoms with Crippen LogP contribution in [0.25, 0.3) is 0 Å². The highest BCUT2D eigenvalue weighted by molar-refractivity contribution is 6.04. The molecular weight excluding hydrogens is 312 g/mol. The Labute approximate surface area is 151 Å². The predicted octanol–water partition coefficient (Wildman–Crippen LogP) is 3.70. The van der Waals surface area contributed by atoms with E-state index in [9.17, 15) is 9.59 Å². The maximum Gasteiger partial charge on any atom is 0.238 e. The van der Waals surface area contributed by atoms with E-state index < -0.39 is 5.41 Å². The summed E-state index contributed by atoms with van der Waals surface area (Å²) in [6.07, 6.45) is 5.25. The zero-order chi connectivity index (χ0) is 18.0. The largest absolute Gasteiger partial charge is 0.342 e. The van der Waals surface area contributed by atoms with Crippen molar-refractivity contribution in [2.75, 3.05) is 19.6 Å². The van der Waals surface area contributed by atoms with Gasteiger partial charge in [0.2, 0.25) is 11.8 Å². The van der Waals surface area contributed by atoms with E-state index in [0.29, 0.717) is 0 Å². The summed E-state index contributed by atoms with van der Waals surface area (Å²) in [5.74, 6) is -0.0297. The predicted molar refractivity (Wildman–Crippen MR) is 99.1 cm³/mol. The van der Waals surface area contributed by atoms with Gasteiger partial charge in [-0.1, -0.05) is 29.8 Å². The lowest BCUT2D eigenvalue weighted by Crippen LogP contribution is -2.51. The standard InChI is InChI=1S/C21H30N2O2/c1-16-9-11-17(12-10-16)18-8-7-15-23(18)20(25)21(2,3)19(24)22-13-5-4-6-14-22/h9-12,18H,4-8,13-15H2,1-3H3. The summed E-state index contributed by atoms with van der Waals surface area (Å²) in [5.41, 5.74) is 1.42. The zero-order valence-corrected chi connectivity index (χ0v) is 15.8. The Bertz CT molecular complexity index is 630. The first kappa shape index (κ1) is 18.0. The Hall–Kier alpha value is -1.84. The van der Waals surface area contributed by atoms with Crippen molar-refractivity contribution in [1.82, 2.24) is 9.80 Å². The molecule has 0 aromatic heterocycles. The molecule has 0 aliphatic carbocycles. The second-order valence-electron chi connectivity index (χ2n) is 8.05. The fraction of sp³-hybridized carbons (Fsp3) is 0.619. The third kappa shape index (κ3) is 3.58. The third-order valence-electron chi connectivity index (χ3n) is 5.69. The lowest BCUT2D eigenvalue weighted by Gasteiger charge is -2.37. The highest BCUT2D eigenvalue weighted by Crippen LogP contribution is 2.36. The molecule has 0 saturated carbocycles. The molecule has 4 heteroatoms. The fourth-order valence-corrected chi connectivity index (χ4v) is 4.09. The molecule has 1 unspecified atom stereocenters. The van der Waals surface area contributed by atoms with E-state index in [1.807, 2.05) is 9.80 Å². The van der Waals surface area contributed by atoms with Gasteiger partial charge in [0, 0.05) is 19.6 Å². The first-order valence-corrected chi connectivity index (χ1v) is 9.58. The van der Waals surface area contributed by atoms with E-state index in [0.717, 1.165) is 45.3 Å². The molecule has 2 amide bonds. The van der Waals surface area contributed by atoms with E-state index in [1.165, 1.54) is 17.5 Å². The van der Waals surface area contributed by atoms with Gasteiger partial charge >= 0.3 is 0 Å². The SMILES string of the molecule is Cc1ccc(C2CCCN2C(=O)C(C)(C)C(=O)N2CCCCC2)cc1. The van der Waals surface area contributed by atoms with Gasteiger partial charge in [-0.2, -0.15) is 0 Å². The van der Waals surface area contributed by atoms with Crippen LogP contribution >= 0.6 is 0 Å². The van der Waals surface area contributed by atoms with Crippen LogP contribution < -0.4 is 0 Å². The summed E-state index contributed by atoms with van der Waals surface area (Å²) < 4.78 is 0. The van der Waals surface area contributed by atoms with Gasteiger partial charge in [0.25, 0.3) is 0 Å². The van der Waals surface area contributed by atoms with Crippen LogP contribution in [0.1, 0.15) is 63.1 Å². The summed E-state index contributed by atoms with van der Waals surface area (Å²) in [6.45, 7) is 8.00. The van der Waals surface area contributed by atoms with Crippen LogP contribution in [-0.2, 0) is 9.59 Å². The Balaban J connectivity index is 1.77. The van der Waals surface area contributed by atoms with Gasteiger partial charge in [-0.05, 0) is 58.4 Å².